The molecule has 386 valence electrons. The van der Waals surface area contributed by atoms with E-state index in [-0.39, 0.29) is 54.6 Å². The molecule has 15 nitrogen and oxygen atoms in total. The number of hydrogen-bond acceptors (Lipinski definition) is 11. The molecule has 3 aromatic heterocycles. The molecule has 7 rings (SSSR count). The lowest BCUT2D eigenvalue weighted by atomic mass is 9.93. The minimum atomic E-state index is -5.23. The van der Waals surface area contributed by atoms with Gasteiger partial charge in [-0.25, -0.2) is 30.4 Å². The number of anilines is 1. The summed E-state index contributed by atoms with van der Waals surface area (Å²) in [5.41, 5.74) is -5.34. The number of pyridine rings is 1. The number of sulfonamides is 1. The molecule has 2 aromatic carbocycles. The number of benzene rings is 2. The number of halogens is 11. The molecular formula is C43H42ClF10N7O8S2. The third-order valence-corrected chi connectivity index (χ3v) is 16.0. The van der Waals surface area contributed by atoms with Gasteiger partial charge in [0.2, 0.25) is 15.9 Å². The molecule has 71 heavy (non-hydrogen) atoms. The summed E-state index contributed by atoms with van der Waals surface area (Å²) < 4.78 is 203. The highest BCUT2D eigenvalue weighted by molar-refractivity contribution is 7.92. The molecule has 0 spiro atoms. The molecule has 2 N–H and O–H groups in total. The van der Waals surface area contributed by atoms with E-state index in [9.17, 15) is 66.7 Å². The van der Waals surface area contributed by atoms with E-state index < -0.39 is 162 Å². The highest BCUT2D eigenvalue weighted by Crippen LogP contribution is 2.71. The zero-order valence-electron chi connectivity index (χ0n) is 37.8. The number of aryl methyl sites for hydroxylation is 1. The SMILES string of the molecule is C[C@@H]1C2c3c(C(F)(F)F)nn(CC(=O)N[C@@H](Cc4cc(F)cc(F)c4)c4nc(CCC(C)(C)S(C)(=O)=O)ccc4-c4ccc(Cl)c5c(N(C(=O)OCCO)S(C)(=O)=O)nn(CC(F)(F)F)c45)c3C(F)(F)[C@@H]21. The van der Waals surface area contributed by atoms with Crippen LogP contribution in [0.15, 0.2) is 42.5 Å². The Bertz CT molecular complexity index is 3160. The summed E-state index contributed by atoms with van der Waals surface area (Å²) in [5, 5.41) is 17.9. The third kappa shape index (κ3) is 10.5. The number of rotatable bonds is 16. The van der Waals surface area contributed by atoms with Gasteiger partial charge in [0.1, 0.15) is 37.0 Å². The highest BCUT2D eigenvalue weighted by atomic mass is 35.5. The van der Waals surface area contributed by atoms with Crippen molar-refractivity contribution in [2.75, 3.05) is 30.0 Å². The molecule has 2 aliphatic carbocycles. The number of aliphatic hydroxyl groups is 1. The summed E-state index contributed by atoms with van der Waals surface area (Å²) in [7, 11) is -8.58. The fraction of sp³-hybridized carbons (Fsp3) is 0.465. The van der Waals surface area contributed by atoms with E-state index in [1.54, 1.807) is 0 Å². The molecule has 5 aromatic rings. The second kappa shape index (κ2) is 18.5. The number of nitrogens with one attached hydrogen (secondary N) is 1. The lowest BCUT2D eigenvalue weighted by molar-refractivity contribution is -0.143. The van der Waals surface area contributed by atoms with E-state index in [0.29, 0.717) is 12.3 Å². The van der Waals surface area contributed by atoms with Crippen molar-refractivity contribution in [1.82, 2.24) is 29.9 Å². The fourth-order valence-corrected chi connectivity index (χ4v) is 10.4. The van der Waals surface area contributed by atoms with E-state index in [0.717, 1.165) is 30.5 Å². The zero-order chi connectivity index (χ0) is 52.7. The fourth-order valence-electron chi connectivity index (χ4n) is 8.88. The van der Waals surface area contributed by atoms with Gasteiger partial charge in [-0.15, -0.1) is 0 Å². The van der Waals surface area contributed by atoms with Crippen LogP contribution in [0.5, 0.6) is 0 Å². The first kappa shape index (κ1) is 53.3. The molecular weight excluding hydrogens is 1030 g/mol. The molecule has 0 saturated heterocycles. The molecule has 0 bridgehead atoms. The van der Waals surface area contributed by atoms with E-state index in [1.807, 2.05) is 0 Å². The smallest absolute Gasteiger partial charge is 0.435 e. The highest BCUT2D eigenvalue weighted by Gasteiger charge is 2.72. The summed E-state index contributed by atoms with van der Waals surface area (Å²) in [6.07, 6.45) is -11.6. The minimum Gasteiger partial charge on any atom is -0.446 e. The van der Waals surface area contributed by atoms with Crippen molar-refractivity contribution in [2.24, 2.45) is 11.8 Å². The van der Waals surface area contributed by atoms with Gasteiger partial charge >= 0.3 is 18.4 Å². The summed E-state index contributed by atoms with van der Waals surface area (Å²) in [5.74, 6) is -12.0. The van der Waals surface area contributed by atoms with Gasteiger partial charge in [0, 0.05) is 46.5 Å². The van der Waals surface area contributed by atoms with Crippen molar-refractivity contribution in [1.29, 1.82) is 0 Å². The van der Waals surface area contributed by atoms with E-state index in [1.165, 1.54) is 32.9 Å². The number of carbonyl (C=O) groups excluding carboxylic acids is 2. The number of alkyl halides is 8. The van der Waals surface area contributed by atoms with E-state index in [4.69, 9.17) is 16.3 Å². The van der Waals surface area contributed by atoms with Crippen LogP contribution in [-0.4, -0.2) is 95.1 Å². The van der Waals surface area contributed by atoms with Gasteiger partial charge in [-0.05, 0) is 68.9 Å². The molecule has 3 heterocycles. The average Bonchev–Trinajstić information content (AvgIpc) is 3.44. The van der Waals surface area contributed by atoms with Crippen molar-refractivity contribution in [3.05, 3.63) is 93.0 Å². The van der Waals surface area contributed by atoms with Crippen LogP contribution in [0.2, 0.25) is 5.02 Å². The first-order chi connectivity index (χ1) is 32.7. The van der Waals surface area contributed by atoms with Crippen LogP contribution in [0.1, 0.15) is 73.1 Å². The van der Waals surface area contributed by atoms with Gasteiger partial charge in [-0.2, -0.15) is 49.6 Å². The number of amides is 2. The number of hydrogen-bond donors (Lipinski definition) is 2. The Hall–Kier alpha value is -5.54. The van der Waals surface area contributed by atoms with Gasteiger partial charge < -0.3 is 15.2 Å². The Morgan fingerprint density at radius 3 is 2.17 bits per heavy atom. The monoisotopic (exact) mass is 1070 g/mol. The maximum absolute atomic E-state index is 15.8. The van der Waals surface area contributed by atoms with Crippen molar-refractivity contribution in [2.45, 2.75) is 88.1 Å². The Kier molecular flexibility index (Phi) is 13.9. The second-order valence-corrected chi connectivity index (χ2v) is 22.8. The molecule has 1 saturated carbocycles. The second-order valence-electron chi connectivity index (χ2n) is 17.9. The number of aromatic nitrogens is 5. The lowest BCUT2D eigenvalue weighted by Crippen LogP contribution is -2.37. The van der Waals surface area contributed by atoms with Crippen LogP contribution in [-0.2, 0) is 67.4 Å². The number of aliphatic hydroxyl groups excluding tert-OH is 1. The Morgan fingerprint density at radius 1 is 0.958 bits per heavy atom. The minimum absolute atomic E-state index is 0.0439. The van der Waals surface area contributed by atoms with Gasteiger partial charge in [0.25, 0.3) is 5.92 Å². The number of sulfone groups is 1. The van der Waals surface area contributed by atoms with Gasteiger partial charge in [0.15, 0.2) is 21.3 Å². The summed E-state index contributed by atoms with van der Waals surface area (Å²) >= 11 is 6.58. The lowest BCUT2D eigenvalue weighted by Gasteiger charge is -2.25. The summed E-state index contributed by atoms with van der Waals surface area (Å²) in [6.45, 7) is -0.696. The molecule has 28 heteroatoms. The largest absolute Gasteiger partial charge is 0.446 e. The standard InChI is InChI=1S/C43H42ClF10N7O8S2/c1-20-30-32-36(43(52,53)54)57-59(37(32)42(50,51)33(20)30)18-29(63)56-28(16-21-14-22(45)17-23(46)15-21)34-25(7-6-24(55-34)10-11-40(2,3)70(4,65)66)26-8-9-27(44)31-35(26)60(19-41(47,48)49)58-38(31)61(71(5,67)68)39(64)69-13-12-62/h6-9,14-15,17,20,28,30,33,62H,10-13,16,18-19H2,1-5H3,(H,56,63)/t20-,28+,30?,33-/m1/s1. The van der Waals surface area contributed by atoms with E-state index in [2.05, 4.69) is 20.5 Å². The normalized spacial score (nSPS) is 18.3. The van der Waals surface area contributed by atoms with Crippen LogP contribution in [0.4, 0.5) is 54.5 Å². The average molecular weight is 1070 g/mol. The number of ether oxygens (including phenoxy) is 1. The van der Waals surface area contributed by atoms with Crippen molar-refractivity contribution in [3.63, 3.8) is 0 Å². The maximum Gasteiger partial charge on any atom is 0.435 e. The maximum atomic E-state index is 15.8. The summed E-state index contributed by atoms with van der Waals surface area (Å²) in [4.78, 5) is 32.1. The molecule has 4 atom stereocenters. The number of nitrogens with zero attached hydrogens (tertiary/aromatic N) is 6. The molecule has 1 unspecified atom stereocenters. The predicted molar refractivity (Wildman–Crippen MR) is 234 cm³/mol. The van der Waals surface area contributed by atoms with Crippen LogP contribution in [0.25, 0.3) is 22.0 Å². The molecule has 0 aliphatic heterocycles. The summed E-state index contributed by atoms with van der Waals surface area (Å²) in [6, 6.07) is 5.12. The van der Waals surface area contributed by atoms with Gasteiger partial charge in [-0.1, -0.05) is 30.7 Å². The quantitative estimate of drug-likeness (QED) is 0.0909. The Balaban J connectivity index is 1.46. The van der Waals surface area contributed by atoms with Crippen molar-refractivity contribution < 1.29 is 80.2 Å². The van der Waals surface area contributed by atoms with Crippen LogP contribution < -0.4 is 9.62 Å². The Morgan fingerprint density at radius 2 is 1.59 bits per heavy atom. The van der Waals surface area contributed by atoms with Crippen LogP contribution >= 0.6 is 11.6 Å². The molecule has 2 amide bonds. The third-order valence-electron chi connectivity index (χ3n) is 12.4. The van der Waals surface area contributed by atoms with Crippen molar-refractivity contribution in [3.8, 4) is 11.1 Å². The predicted octanol–water partition coefficient (Wildman–Crippen LogP) is 8.01. The van der Waals surface area contributed by atoms with Gasteiger partial charge in [0.05, 0.1) is 45.3 Å². The molecule has 0 radical (unpaired) electrons. The van der Waals surface area contributed by atoms with Gasteiger partial charge in [-0.3, -0.25) is 19.1 Å². The molecule has 2 aliphatic rings. The van der Waals surface area contributed by atoms with E-state index >= 15 is 8.78 Å². The number of carbonyl (C=O) groups is 2. The number of fused-ring (bicyclic) bond motifs is 4. The Labute approximate surface area is 403 Å². The topological polar surface area (TPSA) is 196 Å². The van der Waals surface area contributed by atoms with Crippen molar-refractivity contribution >= 4 is 60.2 Å². The zero-order valence-corrected chi connectivity index (χ0v) is 40.2. The molecule has 1 fully saturated rings. The first-order valence-electron chi connectivity index (χ1n) is 21.2. The van der Waals surface area contributed by atoms with Crippen LogP contribution in [0, 0.1) is 23.5 Å². The first-order valence-corrected chi connectivity index (χ1v) is 25.3. The van der Waals surface area contributed by atoms with Crippen LogP contribution in [0.3, 0.4) is 0 Å².